The van der Waals surface area contributed by atoms with Crippen LogP contribution in [0, 0.1) is 0 Å². The number of anilines is 1. The second-order valence-corrected chi connectivity index (χ2v) is 4.38. The smallest absolute Gasteiger partial charge is 0.241 e. The first-order valence-corrected chi connectivity index (χ1v) is 5.52. The minimum absolute atomic E-state index is 0.599. The number of fused-ring (bicyclic) bond motifs is 1. The van der Waals surface area contributed by atoms with E-state index in [1.165, 1.54) is 0 Å². The summed E-state index contributed by atoms with van der Waals surface area (Å²) in [6.07, 6.45) is 2.69. The molecule has 2 rings (SSSR count). The monoisotopic (exact) mass is 211 g/mol. The van der Waals surface area contributed by atoms with Crippen LogP contribution < -0.4 is 10.1 Å². The fourth-order valence-corrected chi connectivity index (χ4v) is 2.43. The van der Waals surface area contributed by atoms with E-state index in [4.69, 9.17) is 4.74 Å². The second kappa shape index (κ2) is 4.04. The molecule has 1 unspecified atom stereocenters. The lowest BCUT2D eigenvalue weighted by Crippen LogP contribution is -2.22. The van der Waals surface area contributed by atoms with E-state index in [-0.39, 0.29) is 0 Å². The molecule has 0 spiro atoms. The molecule has 1 aromatic rings. The third kappa shape index (κ3) is 1.64. The summed E-state index contributed by atoms with van der Waals surface area (Å²) in [5, 5.41) is 4.91. The van der Waals surface area contributed by atoms with Gasteiger partial charge < -0.3 is 10.1 Å². The number of rotatable bonds is 2. The molecule has 1 aliphatic rings. The lowest BCUT2D eigenvalue weighted by atomic mass is 10.3. The van der Waals surface area contributed by atoms with Gasteiger partial charge in [-0.1, -0.05) is 18.7 Å². The van der Waals surface area contributed by atoms with Crippen LogP contribution in [0.25, 0.3) is 0 Å². The van der Waals surface area contributed by atoms with Crippen molar-refractivity contribution in [3.05, 3.63) is 6.33 Å². The van der Waals surface area contributed by atoms with Gasteiger partial charge in [-0.25, -0.2) is 4.98 Å². The summed E-state index contributed by atoms with van der Waals surface area (Å²) in [5.41, 5.74) is 0.935. The SMILES string of the molecule is CCC1CNc2c(OC)ncnc2S1. The molecule has 5 heteroatoms. The first-order valence-electron chi connectivity index (χ1n) is 4.64. The van der Waals surface area contributed by atoms with Crippen LogP contribution >= 0.6 is 11.8 Å². The van der Waals surface area contributed by atoms with Gasteiger partial charge in [-0.15, -0.1) is 0 Å². The quantitative estimate of drug-likeness (QED) is 0.756. The minimum atomic E-state index is 0.599. The van der Waals surface area contributed by atoms with E-state index in [1.807, 2.05) is 0 Å². The zero-order chi connectivity index (χ0) is 9.97. The van der Waals surface area contributed by atoms with Crippen LogP contribution in [0.1, 0.15) is 13.3 Å². The van der Waals surface area contributed by atoms with Gasteiger partial charge in [0.25, 0.3) is 0 Å². The molecule has 0 saturated carbocycles. The molecule has 1 aliphatic heterocycles. The largest absolute Gasteiger partial charge is 0.479 e. The third-order valence-corrected chi connectivity index (χ3v) is 3.58. The molecular weight excluding hydrogens is 198 g/mol. The Balaban J connectivity index is 2.30. The van der Waals surface area contributed by atoms with Crippen LogP contribution in [0.4, 0.5) is 5.69 Å². The molecule has 14 heavy (non-hydrogen) atoms. The number of nitrogens with one attached hydrogen (secondary N) is 1. The average molecular weight is 211 g/mol. The van der Waals surface area contributed by atoms with Crippen LogP contribution in [0.3, 0.4) is 0 Å². The van der Waals surface area contributed by atoms with Gasteiger partial charge >= 0.3 is 0 Å². The molecule has 1 atom stereocenters. The van der Waals surface area contributed by atoms with Crippen LogP contribution in [0.5, 0.6) is 5.88 Å². The minimum Gasteiger partial charge on any atom is -0.479 e. The molecule has 0 radical (unpaired) electrons. The first kappa shape index (κ1) is 9.58. The molecule has 0 aliphatic carbocycles. The maximum Gasteiger partial charge on any atom is 0.241 e. The molecule has 0 aromatic carbocycles. The van der Waals surface area contributed by atoms with Crippen LogP contribution in [-0.4, -0.2) is 28.9 Å². The average Bonchev–Trinajstić information content (AvgIpc) is 2.27. The van der Waals surface area contributed by atoms with Crippen molar-refractivity contribution in [1.29, 1.82) is 0 Å². The van der Waals surface area contributed by atoms with Gasteiger partial charge in [-0.05, 0) is 6.42 Å². The highest BCUT2D eigenvalue weighted by Crippen LogP contribution is 2.38. The number of hydrogen-bond donors (Lipinski definition) is 1. The Morgan fingerprint density at radius 2 is 2.50 bits per heavy atom. The Morgan fingerprint density at radius 1 is 1.64 bits per heavy atom. The molecule has 1 aromatic heterocycles. The maximum absolute atomic E-state index is 5.15. The summed E-state index contributed by atoms with van der Waals surface area (Å²) in [4.78, 5) is 8.29. The van der Waals surface area contributed by atoms with Gasteiger partial charge in [0.2, 0.25) is 5.88 Å². The topological polar surface area (TPSA) is 47.0 Å². The van der Waals surface area contributed by atoms with Crippen molar-refractivity contribution < 1.29 is 4.74 Å². The summed E-state index contributed by atoms with van der Waals surface area (Å²) < 4.78 is 5.15. The molecular formula is C9H13N3OS. The Labute approximate surface area is 87.5 Å². The van der Waals surface area contributed by atoms with Gasteiger partial charge in [0, 0.05) is 11.8 Å². The van der Waals surface area contributed by atoms with Gasteiger partial charge in [-0.3, -0.25) is 0 Å². The predicted molar refractivity (Wildman–Crippen MR) is 57.0 cm³/mol. The van der Waals surface area contributed by atoms with Crippen LogP contribution in [0.15, 0.2) is 11.4 Å². The molecule has 2 heterocycles. The van der Waals surface area contributed by atoms with E-state index in [0.29, 0.717) is 11.1 Å². The van der Waals surface area contributed by atoms with E-state index >= 15 is 0 Å². The number of methoxy groups -OCH3 is 1. The van der Waals surface area contributed by atoms with Gasteiger partial charge in [0.15, 0.2) is 0 Å². The van der Waals surface area contributed by atoms with Crippen molar-refractivity contribution in [2.75, 3.05) is 19.0 Å². The zero-order valence-electron chi connectivity index (χ0n) is 8.28. The number of hydrogen-bond acceptors (Lipinski definition) is 5. The highest BCUT2D eigenvalue weighted by atomic mass is 32.2. The van der Waals surface area contributed by atoms with Crippen molar-refractivity contribution in [2.24, 2.45) is 0 Å². The standard InChI is InChI=1S/C9H13N3OS/c1-3-6-4-10-7-8(13-2)11-5-12-9(7)14-6/h5-6,10H,3-4H2,1-2H3. The van der Waals surface area contributed by atoms with Gasteiger partial charge in [0.05, 0.1) is 7.11 Å². The lowest BCUT2D eigenvalue weighted by Gasteiger charge is -2.24. The van der Waals surface area contributed by atoms with E-state index in [1.54, 1.807) is 25.2 Å². The van der Waals surface area contributed by atoms with Crippen LogP contribution in [-0.2, 0) is 0 Å². The lowest BCUT2D eigenvalue weighted by molar-refractivity contribution is 0.396. The van der Waals surface area contributed by atoms with E-state index in [9.17, 15) is 0 Å². The molecule has 0 fully saturated rings. The fraction of sp³-hybridized carbons (Fsp3) is 0.556. The fourth-order valence-electron chi connectivity index (χ4n) is 1.39. The van der Waals surface area contributed by atoms with Crippen molar-refractivity contribution in [3.8, 4) is 5.88 Å². The molecule has 4 nitrogen and oxygen atoms in total. The normalized spacial score (nSPS) is 19.7. The molecule has 0 saturated heterocycles. The van der Waals surface area contributed by atoms with Crippen LogP contribution in [0.2, 0.25) is 0 Å². The maximum atomic E-state index is 5.15. The predicted octanol–water partition coefficient (Wildman–Crippen LogP) is 1.78. The van der Waals surface area contributed by atoms with Crippen molar-refractivity contribution in [1.82, 2.24) is 9.97 Å². The first-order chi connectivity index (χ1) is 6.85. The molecule has 1 N–H and O–H groups in total. The van der Waals surface area contributed by atoms with E-state index < -0.39 is 0 Å². The van der Waals surface area contributed by atoms with Gasteiger partial charge in [0.1, 0.15) is 17.0 Å². The van der Waals surface area contributed by atoms with E-state index in [0.717, 1.165) is 23.7 Å². The summed E-state index contributed by atoms with van der Waals surface area (Å²) in [5.74, 6) is 0.636. The number of ether oxygens (including phenoxy) is 1. The Bertz CT molecular complexity index is 332. The summed E-state index contributed by atoms with van der Waals surface area (Å²) in [6, 6.07) is 0. The van der Waals surface area contributed by atoms with Gasteiger partial charge in [-0.2, -0.15) is 4.98 Å². The second-order valence-electron chi connectivity index (χ2n) is 3.09. The van der Waals surface area contributed by atoms with Crippen molar-refractivity contribution in [2.45, 2.75) is 23.6 Å². The molecule has 0 amide bonds. The highest BCUT2D eigenvalue weighted by molar-refractivity contribution is 8.00. The number of aromatic nitrogens is 2. The number of thioether (sulfide) groups is 1. The molecule has 0 bridgehead atoms. The third-order valence-electron chi connectivity index (χ3n) is 2.21. The van der Waals surface area contributed by atoms with Crippen molar-refractivity contribution in [3.63, 3.8) is 0 Å². The summed E-state index contributed by atoms with van der Waals surface area (Å²) >= 11 is 1.79. The summed E-state index contributed by atoms with van der Waals surface area (Å²) in [6.45, 7) is 3.14. The van der Waals surface area contributed by atoms with Crippen molar-refractivity contribution >= 4 is 17.4 Å². The van der Waals surface area contributed by atoms with E-state index in [2.05, 4.69) is 22.2 Å². The Kier molecular flexibility index (Phi) is 2.77. The Morgan fingerprint density at radius 3 is 3.21 bits per heavy atom. The number of nitrogens with zero attached hydrogens (tertiary/aromatic N) is 2. The highest BCUT2D eigenvalue weighted by Gasteiger charge is 2.21. The zero-order valence-corrected chi connectivity index (χ0v) is 9.10. The molecule has 76 valence electrons. The summed E-state index contributed by atoms with van der Waals surface area (Å²) in [7, 11) is 1.63. The Hall–Kier alpha value is -0.970.